The Hall–Kier alpha value is -1.10. The molecule has 0 spiro atoms. The van der Waals surface area contributed by atoms with Gasteiger partial charge in [0.2, 0.25) is 0 Å². The van der Waals surface area contributed by atoms with Crippen LogP contribution in [0.15, 0.2) is 24.3 Å². The molecule has 0 radical (unpaired) electrons. The van der Waals surface area contributed by atoms with Crippen LogP contribution < -0.4 is 5.32 Å². The molecule has 0 saturated carbocycles. The van der Waals surface area contributed by atoms with Crippen LogP contribution in [0.5, 0.6) is 5.75 Å². The van der Waals surface area contributed by atoms with E-state index in [9.17, 15) is 5.11 Å². The van der Waals surface area contributed by atoms with E-state index in [1.807, 2.05) is 18.2 Å². The maximum atomic E-state index is 9.76. The maximum Gasteiger partial charge on any atom is 0.120 e. The van der Waals surface area contributed by atoms with Crippen molar-refractivity contribution in [1.29, 1.82) is 0 Å². The molecule has 0 amide bonds. The van der Waals surface area contributed by atoms with Gasteiger partial charge in [0, 0.05) is 50.4 Å². The Morgan fingerprint density at radius 1 is 1.15 bits per heavy atom. The molecule has 4 nitrogen and oxygen atoms in total. The molecule has 112 valence electrons. The van der Waals surface area contributed by atoms with E-state index >= 15 is 0 Å². The highest BCUT2D eigenvalue weighted by Gasteiger charge is 2.28. The van der Waals surface area contributed by atoms with Crippen molar-refractivity contribution in [3.63, 3.8) is 0 Å². The minimum absolute atomic E-state index is 0.145. The fourth-order valence-electron chi connectivity index (χ4n) is 2.69. The van der Waals surface area contributed by atoms with Gasteiger partial charge in [-0.15, -0.1) is 0 Å². The molecule has 2 rings (SSSR count). The predicted octanol–water partition coefficient (Wildman–Crippen LogP) is 1.51. The molecular formula is C16H27N3O. The number of likely N-dealkylation sites (N-methyl/N-ethyl adjacent to an activating group) is 1. The van der Waals surface area contributed by atoms with E-state index in [0.29, 0.717) is 12.3 Å². The van der Waals surface area contributed by atoms with Gasteiger partial charge >= 0.3 is 0 Å². The lowest BCUT2D eigenvalue weighted by atomic mass is 10.0. The lowest BCUT2D eigenvalue weighted by molar-refractivity contribution is 0.0617. The van der Waals surface area contributed by atoms with Gasteiger partial charge in [0.05, 0.1) is 0 Å². The van der Waals surface area contributed by atoms with Crippen molar-refractivity contribution in [2.75, 3.05) is 39.8 Å². The Morgan fingerprint density at radius 3 is 2.45 bits per heavy atom. The first kappa shape index (κ1) is 15.3. The molecule has 1 aromatic rings. The Morgan fingerprint density at radius 2 is 1.80 bits per heavy atom. The van der Waals surface area contributed by atoms with Crippen LogP contribution in [-0.2, 0) is 6.54 Å². The molecule has 0 aromatic heterocycles. The minimum atomic E-state index is 0.145. The molecule has 1 saturated heterocycles. The number of aromatic hydroxyl groups is 1. The molecule has 1 aliphatic rings. The van der Waals surface area contributed by atoms with Crippen LogP contribution in [-0.4, -0.2) is 60.2 Å². The summed E-state index contributed by atoms with van der Waals surface area (Å²) in [5.41, 5.74) is 1.10. The smallest absolute Gasteiger partial charge is 0.120 e. The van der Waals surface area contributed by atoms with Crippen molar-refractivity contribution >= 4 is 0 Å². The molecule has 4 heteroatoms. The first-order chi connectivity index (χ1) is 9.49. The van der Waals surface area contributed by atoms with E-state index in [1.165, 1.54) is 0 Å². The summed E-state index contributed by atoms with van der Waals surface area (Å²) in [4.78, 5) is 4.92. The van der Waals surface area contributed by atoms with Crippen LogP contribution in [0.1, 0.15) is 19.4 Å². The number of benzene rings is 1. The summed E-state index contributed by atoms with van der Waals surface area (Å²) in [7, 11) is 2.18. The number of nitrogens with zero attached hydrogens (tertiary/aromatic N) is 2. The number of nitrogens with one attached hydrogen (secondary N) is 1. The van der Waals surface area contributed by atoms with Crippen molar-refractivity contribution in [1.82, 2.24) is 15.1 Å². The molecule has 0 aliphatic carbocycles. The monoisotopic (exact) mass is 277 g/mol. The fraction of sp³-hybridized carbons (Fsp3) is 0.625. The molecular weight excluding hydrogens is 250 g/mol. The normalized spacial score (nSPS) is 18.4. The van der Waals surface area contributed by atoms with Gasteiger partial charge in [-0.1, -0.05) is 18.2 Å². The van der Waals surface area contributed by atoms with E-state index in [1.54, 1.807) is 6.07 Å². The van der Waals surface area contributed by atoms with Crippen molar-refractivity contribution in [2.24, 2.45) is 0 Å². The third-order valence-corrected chi connectivity index (χ3v) is 4.22. The minimum Gasteiger partial charge on any atom is -0.508 e. The predicted molar refractivity (Wildman–Crippen MR) is 83.0 cm³/mol. The number of piperazine rings is 1. The topological polar surface area (TPSA) is 38.7 Å². The summed E-state index contributed by atoms with van der Waals surface area (Å²) in [5, 5.41) is 13.2. The first-order valence-electron chi connectivity index (χ1n) is 7.40. The van der Waals surface area contributed by atoms with Gasteiger partial charge in [-0.05, 0) is 27.0 Å². The van der Waals surface area contributed by atoms with E-state index in [2.05, 4.69) is 36.0 Å². The first-order valence-corrected chi connectivity index (χ1v) is 7.40. The molecule has 2 N–H and O–H groups in total. The second kappa shape index (κ2) is 6.57. The summed E-state index contributed by atoms with van der Waals surface area (Å²) in [5.74, 6) is 0.373. The molecule has 1 heterocycles. The average molecular weight is 277 g/mol. The van der Waals surface area contributed by atoms with Crippen molar-refractivity contribution in [2.45, 2.75) is 25.9 Å². The van der Waals surface area contributed by atoms with Gasteiger partial charge in [-0.2, -0.15) is 0 Å². The highest BCUT2D eigenvalue weighted by atomic mass is 16.3. The summed E-state index contributed by atoms with van der Waals surface area (Å²) in [6.07, 6.45) is 0. The third-order valence-electron chi connectivity index (χ3n) is 4.22. The van der Waals surface area contributed by atoms with E-state index in [-0.39, 0.29) is 5.54 Å². The zero-order valence-corrected chi connectivity index (χ0v) is 12.9. The van der Waals surface area contributed by atoms with Crippen molar-refractivity contribution in [3.05, 3.63) is 29.8 Å². The van der Waals surface area contributed by atoms with Gasteiger partial charge in [-0.3, -0.25) is 4.90 Å². The standard InChI is InChI=1S/C16H27N3O/c1-16(2,19-10-8-18(3)9-11-19)13-17-12-14-6-4-5-7-15(14)20/h4-7,17,20H,8-13H2,1-3H3. The van der Waals surface area contributed by atoms with Crippen molar-refractivity contribution < 1.29 is 5.11 Å². The van der Waals surface area contributed by atoms with E-state index < -0.39 is 0 Å². The van der Waals surface area contributed by atoms with E-state index in [4.69, 9.17) is 0 Å². The molecule has 1 aliphatic heterocycles. The van der Waals surface area contributed by atoms with Crippen LogP contribution in [0, 0.1) is 0 Å². The Kier molecular flexibility index (Phi) is 5.02. The zero-order chi connectivity index (χ0) is 14.6. The average Bonchev–Trinajstić information content (AvgIpc) is 2.41. The Labute approximate surface area is 122 Å². The largest absolute Gasteiger partial charge is 0.508 e. The number of para-hydroxylation sites is 1. The van der Waals surface area contributed by atoms with Crippen LogP contribution in [0.4, 0.5) is 0 Å². The Balaban J connectivity index is 1.82. The number of hydrogen-bond acceptors (Lipinski definition) is 4. The second-order valence-corrected chi connectivity index (χ2v) is 6.34. The Bertz CT molecular complexity index is 425. The highest BCUT2D eigenvalue weighted by Crippen LogP contribution is 2.18. The molecule has 0 atom stereocenters. The van der Waals surface area contributed by atoms with Crippen LogP contribution >= 0.6 is 0 Å². The lowest BCUT2D eigenvalue weighted by Gasteiger charge is -2.43. The van der Waals surface area contributed by atoms with Crippen LogP contribution in [0.25, 0.3) is 0 Å². The summed E-state index contributed by atoms with van der Waals surface area (Å²) in [6, 6.07) is 7.52. The third kappa shape index (κ3) is 3.95. The molecule has 1 fully saturated rings. The summed E-state index contributed by atoms with van der Waals surface area (Å²) >= 11 is 0. The SMILES string of the molecule is CN1CCN(C(C)(C)CNCc2ccccc2O)CC1. The number of phenolic OH excluding ortho intramolecular Hbond substituents is 1. The molecule has 1 aromatic carbocycles. The van der Waals surface area contributed by atoms with Crippen LogP contribution in [0.2, 0.25) is 0 Å². The molecule has 20 heavy (non-hydrogen) atoms. The summed E-state index contributed by atoms with van der Waals surface area (Å²) in [6.45, 7) is 10.7. The quantitative estimate of drug-likeness (QED) is 0.856. The van der Waals surface area contributed by atoms with Gasteiger partial charge in [-0.25, -0.2) is 0 Å². The second-order valence-electron chi connectivity index (χ2n) is 6.34. The van der Waals surface area contributed by atoms with Crippen LogP contribution in [0.3, 0.4) is 0 Å². The molecule has 0 bridgehead atoms. The van der Waals surface area contributed by atoms with Gasteiger partial charge in [0.25, 0.3) is 0 Å². The number of rotatable bonds is 5. The highest BCUT2D eigenvalue weighted by molar-refractivity contribution is 5.31. The zero-order valence-electron chi connectivity index (χ0n) is 12.9. The van der Waals surface area contributed by atoms with Crippen molar-refractivity contribution in [3.8, 4) is 5.75 Å². The van der Waals surface area contributed by atoms with Gasteiger partial charge < -0.3 is 15.3 Å². The fourth-order valence-corrected chi connectivity index (χ4v) is 2.69. The lowest BCUT2D eigenvalue weighted by Crippen LogP contribution is -2.57. The van der Waals surface area contributed by atoms with E-state index in [0.717, 1.165) is 38.3 Å². The molecule has 0 unspecified atom stereocenters. The summed E-state index contributed by atoms with van der Waals surface area (Å²) < 4.78 is 0. The number of phenols is 1. The number of hydrogen-bond donors (Lipinski definition) is 2. The maximum absolute atomic E-state index is 9.76. The van der Waals surface area contributed by atoms with Gasteiger partial charge in [0.15, 0.2) is 0 Å². The van der Waals surface area contributed by atoms with Gasteiger partial charge in [0.1, 0.15) is 5.75 Å².